The van der Waals surface area contributed by atoms with Gasteiger partial charge in [0.2, 0.25) is 0 Å². The first kappa shape index (κ1) is 18.8. The van der Waals surface area contributed by atoms with Crippen LogP contribution in [0, 0.1) is 0 Å². The van der Waals surface area contributed by atoms with Gasteiger partial charge in [-0.25, -0.2) is 0 Å². The van der Waals surface area contributed by atoms with Crippen LogP contribution in [0.3, 0.4) is 0 Å². The molecule has 3 N–H and O–H groups in total. The Morgan fingerprint density at radius 1 is 1.07 bits per heavy atom. The minimum atomic E-state index is -0.0468. The molecule has 2 aromatic heterocycles. The molecule has 0 atom stereocenters. The molecule has 4 aromatic rings. The zero-order valence-electron chi connectivity index (χ0n) is 16.4. The van der Waals surface area contributed by atoms with Gasteiger partial charge in [-0.1, -0.05) is 41.9 Å². The maximum absolute atomic E-state index is 12.6. The van der Waals surface area contributed by atoms with Crippen LogP contribution in [0.5, 0.6) is 0 Å². The second-order valence-electron chi connectivity index (χ2n) is 7.65. The smallest absolute Gasteiger partial charge is 0.267 e. The third-order valence-electron chi connectivity index (χ3n) is 5.65. The van der Waals surface area contributed by atoms with Gasteiger partial charge in [0.25, 0.3) is 5.91 Å². The van der Waals surface area contributed by atoms with Gasteiger partial charge in [-0.05, 0) is 42.7 Å². The molecular weight excluding hydrogens is 398 g/mol. The number of amides is 1. The fourth-order valence-electron chi connectivity index (χ4n) is 3.96. The van der Waals surface area contributed by atoms with Crippen molar-refractivity contribution in [1.82, 2.24) is 20.5 Å². The molecule has 1 aliphatic rings. The Bertz CT molecular complexity index is 1140. The third kappa shape index (κ3) is 3.78. The number of fused-ring (bicyclic) bond motifs is 1. The Kier molecular flexibility index (Phi) is 4.93. The molecule has 2 aromatic carbocycles. The molecule has 152 valence electrons. The molecule has 30 heavy (non-hydrogen) atoms. The molecule has 0 bridgehead atoms. The quantitative estimate of drug-likeness (QED) is 0.452. The number of aromatic amines is 2. The van der Waals surface area contributed by atoms with Crippen molar-refractivity contribution < 1.29 is 4.79 Å². The van der Waals surface area contributed by atoms with E-state index in [0.717, 1.165) is 58.9 Å². The van der Waals surface area contributed by atoms with Crippen LogP contribution in [0.1, 0.15) is 23.3 Å². The zero-order chi connectivity index (χ0) is 20.5. The number of hydrogen-bond donors (Lipinski definition) is 3. The lowest BCUT2D eigenvalue weighted by atomic mass is 10.0. The standard InChI is InChI=1S/C23H22ClN5O/c24-17-7-5-15(6-8-17)20-14-22(28-27-20)29-11-9-18(10-12-29)25-23(30)21-13-16-3-1-2-4-19(16)26-21/h1-8,13-14,18,26H,9-12H2,(H,25,30)(H,27,28). The Morgan fingerprint density at radius 2 is 1.83 bits per heavy atom. The first-order valence-corrected chi connectivity index (χ1v) is 10.5. The van der Waals surface area contributed by atoms with Crippen molar-refractivity contribution in [2.75, 3.05) is 18.0 Å². The largest absolute Gasteiger partial charge is 0.355 e. The lowest BCUT2D eigenvalue weighted by Gasteiger charge is -2.32. The normalized spacial score (nSPS) is 14.9. The fraction of sp³-hybridized carbons (Fsp3) is 0.217. The number of hydrogen-bond acceptors (Lipinski definition) is 3. The van der Waals surface area contributed by atoms with Crippen molar-refractivity contribution in [3.8, 4) is 11.3 Å². The summed E-state index contributed by atoms with van der Waals surface area (Å²) in [7, 11) is 0. The van der Waals surface area contributed by atoms with Crippen LogP contribution in [0.4, 0.5) is 5.82 Å². The predicted molar refractivity (Wildman–Crippen MR) is 120 cm³/mol. The summed E-state index contributed by atoms with van der Waals surface area (Å²) >= 11 is 5.97. The summed E-state index contributed by atoms with van der Waals surface area (Å²) in [6.45, 7) is 1.70. The third-order valence-corrected chi connectivity index (χ3v) is 5.90. The Balaban J connectivity index is 1.19. The molecule has 5 rings (SSSR count). The van der Waals surface area contributed by atoms with Crippen LogP contribution in [0.25, 0.3) is 22.2 Å². The fourth-order valence-corrected chi connectivity index (χ4v) is 4.09. The van der Waals surface area contributed by atoms with Crippen LogP contribution < -0.4 is 10.2 Å². The summed E-state index contributed by atoms with van der Waals surface area (Å²) in [6.07, 6.45) is 1.77. The number of halogens is 1. The number of nitrogens with one attached hydrogen (secondary N) is 3. The van der Waals surface area contributed by atoms with Crippen LogP contribution in [0.15, 0.2) is 60.7 Å². The van der Waals surface area contributed by atoms with E-state index in [1.165, 1.54) is 0 Å². The first-order valence-electron chi connectivity index (χ1n) is 10.1. The van der Waals surface area contributed by atoms with E-state index in [-0.39, 0.29) is 11.9 Å². The number of aromatic nitrogens is 3. The molecular formula is C23H22ClN5O. The summed E-state index contributed by atoms with van der Waals surface area (Å²) in [5.41, 5.74) is 3.61. The van der Waals surface area contributed by atoms with E-state index in [1.807, 2.05) is 54.6 Å². The van der Waals surface area contributed by atoms with Crippen molar-refractivity contribution in [2.24, 2.45) is 0 Å². The van der Waals surface area contributed by atoms with Gasteiger partial charge in [-0.2, -0.15) is 5.10 Å². The topological polar surface area (TPSA) is 76.8 Å². The Hall–Kier alpha value is -3.25. The second kappa shape index (κ2) is 7.88. The van der Waals surface area contributed by atoms with Gasteiger partial charge < -0.3 is 15.2 Å². The molecule has 3 heterocycles. The van der Waals surface area contributed by atoms with Gasteiger partial charge in [0, 0.05) is 41.1 Å². The maximum Gasteiger partial charge on any atom is 0.267 e. The van der Waals surface area contributed by atoms with Crippen molar-refractivity contribution in [1.29, 1.82) is 0 Å². The van der Waals surface area contributed by atoms with Crippen LogP contribution >= 0.6 is 11.6 Å². The van der Waals surface area contributed by atoms with Crippen molar-refractivity contribution in [3.05, 3.63) is 71.4 Å². The van der Waals surface area contributed by atoms with Crippen molar-refractivity contribution >= 4 is 34.2 Å². The minimum Gasteiger partial charge on any atom is -0.355 e. The van der Waals surface area contributed by atoms with E-state index in [0.29, 0.717) is 5.69 Å². The number of nitrogens with zero attached hydrogens (tertiary/aromatic N) is 2. The SMILES string of the molecule is O=C(NC1CCN(c2cc(-c3ccc(Cl)cc3)[nH]n2)CC1)c1cc2ccccc2[nH]1. The van der Waals surface area contributed by atoms with E-state index in [2.05, 4.69) is 31.5 Å². The number of piperidine rings is 1. The summed E-state index contributed by atoms with van der Waals surface area (Å²) in [6, 6.07) is 19.7. The molecule has 0 aliphatic carbocycles. The molecule has 1 amide bonds. The molecule has 0 radical (unpaired) electrons. The first-order chi connectivity index (χ1) is 14.7. The molecule has 1 aliphatic heterocycles. The monoisotopic (exact) mass is 419 g/mol. The van der Waals surface area contributed by atoms with Gasteiger partial charge in [-0.15, -0.1) is 0 Å². The van der Waals surface area contributed by atoms with Crippen molar-refractivity contribution in [2.45, 2.75) is 18.9 Å². The number of H-pyrrole nitrogens is 2. The van der Waals surface area contributed by atoms with Crippen LogP contribution in [0.2, 0.25) is 5.02 Å². The maximum atomic E-state index is 12.6. The number of carbonyl (C=O) groups excluding carboxylic acids is 1. The van der Waals surface area contributed by atoms with Gasteiger partial charge in [0.15, 0.2) is 5.82 Å². The number of para-hydroxylation sites is 1. The average Bonchev–Trinajstić information content (AvgIpc) is 3.42. The van der Waals surface area contributed by atoms with Crippen LogP contribution in [-0.2, 0) is 0 Å². The number of rotatable bonds is 4. The van der Waals surface area contributed by atoms with Gasteiger partial charge in [0.1, 0.15) is 5.69 Å². The van der Waals surface area contributed by atoms with E-state index in [1.54, 1.807) is 0 Å². The second-order valence-corrected chi connectivity index (χ2v) is 8.09. The summed E-state index contributed by atoms with van der Waals surface area (Å²) in [4.78, 5) is 18.1. The number of anilines is 1. The lowest BCUT2D eigenvalue weighted by Crippen LogP contribution is -2.44. The van der Waals surface area contributed by atoms with E-state index < -0.39 is 0 Å². The number of carbonyl (C=O) groups is 1. The molecule has 6 nitrogen and oxygen atoms in total. The highest BCUT2D eigenvalue weighted by atomic mass is 35.5. The molecule has 0 saturated carbocycles. The minimum absolute atomic E-state index is 0.0468. The molecule has 0 unspecified atom stereocenters. The highest BCUT2D eigenvalue weighted by Gasteiger charge is 2.23. The lowest BCUT2D eigenvalue weighted by molar-refractivity contribution is 0.0927. The van der Waals surface area contributed by atoms with Gasteiger partial charge >= 0.3 is 0 Å². The molecule has 7 heteroatoms. The van der Waals surface area contributed by atoms with E-state index >= 15 is 0 Å². The Labute approximate surface area is 179 Å². The zero-order valence-corrected chi connectivity index (χ0v) is 17.1. The van der Waals surface area contributed by atoms with E-state index in [4.69, 9.17) is 11.6 Å². The van der Waals surface area contributed by atoms with Gasteiger partial charge in [-0.3, -0.25) is 9.89 Å². The Morgan fingerprint density at radius 3 is 2.60 bits per heavy atom. The van der Waals surface area contributed by atoms with Gasteiger partial charge in [0.05, 0.1) is 5.69 Å². The predicted octanol–water partition coefficient (Wildman–Crippen LogP) is 4.61. The number of benzene rings is 2. The molecule has 0 spiro atoms. The highest BCUT2D eigenvalue weighted by Crippen LogP contribution is 2.25. The van der Waals surface area contributed by atoms with Crippen molar-refractivity contribution in [3.63, 3.8) is 0 Å². The van der Waals surface area contributed by atoms with Crippen LogP contribution in [-0.4, -0.2) is 40.2 Å². The molecule has 1 saturated heterocycles. The van der Waals surface area contributed by atoms with E-state index in [9.17, 15) is 4.79 Å². The summed E-state index contributed by atoms with van der Waals surface area (Å²) < 4.78 is 0. The highest BCUT2D eigenvalue weighted by molar-refractivity contribution is 6.30. The summed E-state index contributed by atoms with van der Waals surface area (Å²) in [5, 5.41) is 12.5. The summed E-state index contributed by atoms with van der Waals surface area (Å²) in [5.74, 6) is 0.884. The average molecular weight is 420 g/mol. The molecule has 1 fully saturated rings.